The van der Waals surface area contributed by atoms with Gasteiger partial charge in [0.1, 0.15) is 23.4 Å². The van der Waals surface area contributed by atoms with Gasteiger partial charge in [-0.25, -0.2) is 0 Å². The van der Waals surface area contributed by atoms with Crippen LogP contribution in [-0.2, 0) is 24.0 Å². The van der Waals surface area contributed by atoms with Crippen LogP contribution >= 0.6 is 0 Å². The number of aromatic nitrogens is 2. The van der Waals surface area contributed by atoms with Gasteiger partial charge >= 0.3 is 0 Å². The van der Waals surface area contributed by atoms with Crippen molar-refractivity contribution in [3.05, 3.63) is 65.0 Å². The topological polar surface area (TPSA) is 118 Å². The van der Waals surface area contributed by atoms with Crippen molar-refractivity contribution in [2.45, 2.75) is 24.7 Å². The molecule has 1 atom stereocenters. The van der Waals surface area contributed by atoms with E-state index in [1.807, 2.05) is 19.1 Å². The first-order chi connectivity index (χ1) is 14.5. The Morgan fingerprint density at radius 2 is 1.73 bits per heavy atom. The Morgan fingerprint density at radius 3 is 2.30 bits per heavy atom. The van der Waals surface area contributed by atoms with Gasteiger partial charge in [-0.3, -0.25) is 5.10 Å². The van der Waals surface area contributed by atoms with Gasteiger partial charge in [-0.05, 0) is 60.1 Å². The maximum absolute atomic E-state index is 11.5. The second-order valence-electron chi connectivity index (χ2n) is 6.43. The summed E-state index contributed by atoms with van der Waals surface area (Å²) in [5, 5.41) is 25.6. The van der Waals surface area contributed by atoms with Gasteiger partial charge in [0.25, 0.3) is 0 Å². The molecule has 0 spiro atoms. The molecule has 0 radical (unpaired) electrons. The molecule has 0 saturated carbocycles. The van der Waals surface area contributed by atoms with Crippen molar-refractivity contribution < 1.29 is 14.0 Å². The number of nitrogens with one attached hydrogen (secondary N) is 1. The Balaban J connectivity index is 1.72. The number of nitrogens with zero attached hydrogens (tertiary/aromatic N) is 3. The van der Waals surface area contributed by atoms with Crippen molar-refractivity contribution in [2.75, 3.05) is 12.9 Å². The second-order valence-corrected chi connectivity index (χ2v) is 7.81. The number of hydrogen-bond donors (Lipinski definition) is 1. The van der Waals surface area contributed by atoms with Crippen LogP contribution in [0.15, 0.2) is 47.4 Å². The summed E-state index contributed by atoms with van der Waals surface area (Å²) >= 11 is -1.02. The molecule has 0 fully saturated rings. The number of aromatic amines is 1. The second kappa shape index (κ2) is 9.84. The third-order valence-corrected chi connectivity index (χ3v) is 5.29. The van der Waals surface area contributed by atoms with Gasteiger partial charge in [0.05, 0.1) is 35.6 Å². The summed E-state index contributed by atoms with van der Waals surface area (Å²) in [6.07, 6.45) is 2.81. The van der Waals surface area contributed by atoms with Crippen molar-refractivity contribution >= 4 is 11.2 Å². The standard InChI is InChI=1S/C22H20N4O3S/c1-3-20-22(29-18-11-15(13-23)10-16(12-18)14-24)21(26-25-20)8-9-28-17-4-6-19(7-5-17)30(2)27/h4-7,10-12H,3,8-9H2,1-2H3,(H,25,26). The van der Waals surface area contributed by atoms with Gasteiger partial charge in [0, 0.05) is 6.42 Å². The van der Waals surface area contributed by atoms with E-state index in [1.165, 1.54) is 6.07 Å². The summed E-state index contributed by atoms with van der Waals surface area (Å²) in [6, 6.07) is 15.9. The molecule has 1 unspecified atom stereocenters. The highest BCUT2D eigenvalue weighted by molar-refractivity contribution is 7.90. The number of hydrogen-bond acceptors (Lipinski definition) is 6. The summed E-state index contributed by atoms with van der Waals surface area (Å²) in [6.45, 7) is 2.35. The Bertz CT molecular complexity index is 1060. The summed E-state index contributed by atoms with van der Waals surface area (Å²) in [7, 11) is 0. The number of rotatable bonds is 8. The third kappa shape index (κ3) is 5.12. The lowest BCUT2D eigenvalue weighted by Crippen LogP contribution is -2.04. The van der Waals surface area contributed by atoms with Gasteiger partial charge in [-0.15, -0.1) is 0 Å². The van der Waals surface area contributed by atoms with E-state index in [0.717, 1.165) is 16.3 Å². The first-order valence-electron chi connectivity index (χ1n) is 9.29. The zero-order valence-corrected chi connectivity index (χ0v) is 17.5. The van der Waals surface area contributed by atoms with Crippen molar-refractivity contribution in [2.24, 2.45) is 0 Å². The van der Waals surface area contributed by atoms with Crippen LogP contribution < -0.4 is 9.47 Å². The van der Waals surface area contributed by atoms with Gasteiger partial charge < -0.3 is 14.0 Å². The molecular weight excluding hydrogens is 400 g/mol. The van der Waals surface area contributed by atoms with E-state index in [-0.39, 0.29) is 0 Å². The summed E-state index contributed by atoms with van der Waals surface area (Å²) in [4.78, 5) is 0.746. The molecule has 3 aromatic rings. The van der Waals surface area contributed by atoms with Crippen LogP contribution in [0, 0.1) is 22.7 Å². The Kier molecular flexibility index (Phi) is 6.97. The number of H-pyrrole nitrogens is 1. The van der Waals surface area contributed by atoms with E-state index in [1.54, 1.807) is 42.7 Å². The zero-order valence-electron chi connectivity index (χ0n) is 16.6. The first kappa shape index (κ1) is 21.3. The quantitative estimate of drug-likeness (QED) is 0.553. The molecule has 0 aliphatic carbocycles. The fourth-order valence-corrected chi connectivity index (χ4v) is 3.36. The van der Waals surface area contributed by atoms with E-state index >= 15 is 0 Å². The average molecular weight is 420 g/mol. The number of ether oxygens (including phenoxy) is 2. The van der Waals surface area contributed by atoms with Gasteiger partial charge in [-0.1, -0.05) is 6.92 Å². The molecule has 3 rings (SSSR count). The molecule has 1 heterocycles. The highest BCUT2D eigenvalue weighted by atomic mass is 32.2. The fraction of sp³-hybridized carbons (Fsp3) is 0.227. The van der Waals surface area contributed by atoms with E-state index in [0.29, 0.717) is 47.8 Å². The zero-order chi connectivity index (χ0) is 21.5. The van der Waals surface area contributed by atoms with E-state index in [4.69, 9.17) is 20.0 Å². The summed E-state index contributed by atoms with van der Waals surface area (Å²) in [5.74, 6) is 1.67. The predicted molar refractivity (Wildman–Crippen MR) is 112 cm³/mol. The van der Waals surface area contributed by atoms with Crippen LogP contribution in [0.5, 0.6) is 17.2 Å². The molecule has 0 bridgehead atoms. The van der Waals surface area contributed by atoms with Crippen molar-refractivity contribution in [1.29, 1.82) is 10.5 Å². The van der Waals surface area contributed by atoms with E-state index < -0.39 is 11.2 Å². The maximum Gasteiger partial charge on any atom is 0.171 e. The number of benzene rings is 2. The largest absolute Gasteiger partial charge is 0.612 e. The number of nitriles is 2. The Labute approximate surface area is 178 Å². The average Bonchev–Trinajstić information content (AvgIpc) is 3.15. The van der Waals surface area contributed by atoms with Crippen LogP contribution in [0.4, 0.5) is 0 Å². The van der Waals surface area contributed by atoms with Crippen molar-refractivity contribution in [3.63, 3.8) is 0 Å². The predicted octanol–water partition coefficient (Wildman–Crippen LogP) is 3.87. The smallest absolute Gasteiger partial charge is 0.171 e. The number of aryl methyl sites for hydroxylation is 1. The molecule has 8 heteroatoms. The molecule has 0 aliphatic rings. The summed E-state index contributed by atoms with van der Waals surface area (Å²) in [5.41, 5.74) is 2.22. The lowest BCUT2D eigenvalue weighted by atomic mass is 10.1. The van der Waals surface area contributed by atoms with Crippen molar-refractivity contribution in [3.8, 4) is 29.4 Å². The molecule has 152 valence electrons. The lowest BCUT2D eigenvalue weighted by molar-refractivity contribution is 0.318. The molecule has 1 aromatic heterocycles. The molecule has 2 aromatic carbocycles. The van der Waals surface area contributed by atoms with Crippen LogP contribution in [0.25, 0.3) is 0 Å². The molecular formula is C22H20N4O3S. The fourth-order valence-electron chi connectivity index (χ4n) is 2.84. The minimum Gasteiger partial charge on any atom is -0.612 e. The molecule has 0 saturated heterocycles. The Hall–Kier alpha value is -3.46. The monoisotopic (exact) mass is 420 g/mol. The maximum atomic E-state index is 11.5. The van der Waals surface area contributed by atoms with Gasteiger partial charge in [0.2, 0.25) is 0 Å². The van der Waals surface area contributed by atoms with Crippen LogP contribution in [0.2, 0.25) is 0 Å². The lowest BCUT2D eigenvalue weighted by Gasteiger charge is -2.10. The highest BCUT2D eigenvalue weighted by Gasteiger charge is 2.16. The molecule has 0 amide bonds. The first-order valence-corrected chi connectivity index (χ1v) is 10.9. The van der Waals surface area contributed by atoms with Crippen molar-refractivity contribution in [1.82, 2.24) is 10.2 Å². The van der Waals surface area contributed by atoms with E-state index in [2.05, 4.69) is 10.2 Å². The minimum absolute atomic E-state index is 0.354. The highest BCUT2D eigenvalue weighted by Crippen LogP contribution is 2.30. The van der Waals surface area contributed by atoms with Crippen LogP contribution in [0.3, 0.4) is 0 Å². The van der Waals surface area contributed by atoms with Gasteiger partial charge in [-0.2, -0.15) is 15.6 Å². The third-order valence-electron chi connectivity index (χ3n) is 4.36. The van der Waals surface area contributed by atoms with E-state index in [9.17, 15) is 4.55 Å². The molecule has 30 heavy (non-hydrogen) atoms. The Morgan fingerprint density at radius 1 is 1.07 bits per heavy atom. The SMILES string of the molecule is CCc1n[nH]c(CCOc2ccc([S+](C)[O-])cc2)c1Oc1cc(C#N)cc(C#N)c1. The normalized spacial score (nSPS) is 11.4. The minimum atomic E-state index is -1.02. The van der Waals surface area contributed by atoms with Gasteiger partial charge in [0.15, 0.2) is 10.6 Å². The van der Waals surface area contributed by atoms with Crippen LogP contribution in [0.1, 0.15) is 29.4 Å². The molecule has 1 N–H and O–H groups in total. The van der Waals surface area contributed by atoms with Crippen LogP contribution in [-0.4, -0.2) is 27.6 Å². The molecule has 0 aliphatic heterocycles. The molecule has 7 nitrogen and oxygen atoms in total. The summed E-state index contributed by atoms with van der Waals surface area (Å²) < 4.78 is 23.3.